The molecular weight excluding hydrogens is 424 g/mol. The maximum atomic E-state index is 11.7. The lowest BCUT2D eigenvalue weighted by Crippen LogP contribution is -2.11. The zero-order valence-corrected chi connectivity index (χ0v) is 18.5. The van der Waals surface area contributed by atoms with Gasteiger partial charge in [-0.25, -0.2) is 0 Å². The molecule has 8 heteroatoms. The quantitative estimate of drug-likeness (QED) is 0.286. The van der Waals surface area contributed by atoms with Gasteiger partial charge in [-0.1, -0.05) is 48.2 Å². The molecule has 0 saturated heterocycles. The van der Waals surface area contributed by atoms with Crippen LogP contribution in [0.25, 0.3) is 17.2 Å². The monoisotopic (exact) mass is 446 g/mol. The van der Waals surface area contributed by atoms with Gasteiger partial charge in [-0.2, -0.15) is 0 Å². The summed E-state index contributed by atoms with van der Waals surface area (Å²) in [6.45, 7) is 1.41. The summed E-state index contributed by atoms with van der Waals surface area (Å²) in [5, 5.41) is 9.50. The molecule has 0 bridgehead atoms. The van der Waals surface area contributed by atoms with E-state index in [1.165, 1.54) is 18.7 Å². The van der Waals surface area contributed by atoms with Gasteiger partial charge in [0.1, 0.15) is 17.5 Å². The number of nitrogens with zero attached hydrogens (tertiary/aromatic N) is 4. The van der Waals surface area contributed by atoms with Crippen molar-refractivity contribution in [2.45, 2.75) is 18.2 Å². The maximum absolute atomic E-state index is 11.7. The van der Waals surface area contributed by atoms with E-state index in [4.69, 9.17) is 9.47 Å². The van der Waals surface area contributed by atoms with Crippen molar-refractivity contribution in [3.63, 3.8) is 0 Å². The summed E-state index contributed by atoms with van der Waals surface area (Å²) in [4.78, 5) is 16.2. The fourth-order valence-electron chi connectivity index (χ4n) is 3.20. The number of hydrogen-bond acceptors (Lipinski definition) is 7. The summed E-state index contributed by atoms with van der Waals surface area (Å²) in [5.41, 5.74) is 2.53. The van der Waals surface area contributed by atoms with E-state index < -0.39 is 6.10 Å². The van der Waals surface area contributed by atoms with Gasteiger partial charge >= 0.3 is 5.97 Å². The summed E-state index contributed by atoms with van der Waals surface area (Å²) in [6, 6.07) is 23.0. The molecule has 32 heavy (non-hydrogen) atoms. The van der Waals surface area contributed by atoms with Crippen LogP contribution >= 0.6 is 11.8 Å². The Kier molecular flexibility index (Phi) is 6.81. The third kappa shape index (κ3) is 4.97. The molecule has 0 amide bonds. The topological polar surface area (TPSA) is 79.1 Å². The molecule has 4 aromatic rings. The lowest BCUT2D eigenvalue weighted by Gasteiger charge is -2.18. The number of pyridine rings is 1. The maximum Gasteiger partial charge on any atom is 0.303 e. The zero-order chi connectivity index (χ0) is 22.3. The van der Waals surface area contributed by atoms with E-state index in [2.05, 4.69) is 15.2 Å². The molecule has 0 aliphatic rings. The lowest BCUT2D eigenvalue weighted by molar-refractivity contribution is -0.145. The molecule has 0 spiro atoms. The Morgan fingerprint density at radius 1 is 1.00 bits per heavy atom. The Morgan fingerprint density at radius 2 is 1.75 bits per heavy atom. The van der Waals surface area contributed by atoms with Crippen molar-refractivity contribution >= 4 is 17.7 Å². The Bertz CT molecular complexity index is 1170. The largest absolute Gasteiger partial charge is 0.497 e. The van der Waals surface area contributed by atoms with Crippen molar-refractivity contribution in [1.29, 1.82) is 0 Å². The summed E-state index contributed by atoms with van der Waals surface area (Å²) in [5.74, 6) is 1.52. The van der Waals surface area contributed by atoms with Gasteiger partial charge in [-0.3, -0.25) is 14.3 Å². The molecule has 4 rings (SSSR count). The van der Waals surface area contributed by atoms with Gasteiger partial charge in [0.2, 0.25) is 0 Å². The van der Waals surface area contributed by atoms with E-state index in [1.54, 1.807) is 13.3 Å². The molecule has 0 fully saturated rings. The normalized spacial score (nSPS) is 11.7. The number of carbonyl (C=O) groups is 1. The number of benzene rings is 2. The second-order valence-electron chi connectivity index (χ2n) is 6.87. The number of hydrogen-bond donors (Lipinski definition) is 0. The Labute approximate surface area is 190 Å². The Morgan fingerprint density at radius 3 is 2.41 bits per heavy atom. The van der Waals surface area contributed by atoms with Gasteiger partial charge in [-0.05, 0) is 42.0 Å². The van der Waals surface area contributed by atoms with Crippen molar-refractivity contribution in [2.24, 2.45) is 0 Å². The van der Waals surface area contributed by atoms with Crippen molar-refractivity contribution in [1.82, 2.24) is 19.7 Å². The van der Waals surface area contributed by atoms with Crippen LogP contribution in [0.3, 0.4) is 0 Å². The molecule has 0 aliphatic heterocycles. The molecule has 2 aromatic heterocycles. The first-order chi connectivity index (χ1) is 15.7. The minimum Gasteiger partial charge on any atom is -0.497 e. The molecule has 0 N–H and O–H groups in total. The fourth-order valence-corrected chi connectivity index (χ4v) is 4.18. The highest BCUT2D eigenvalue weighted by atomic mass is 32.2. The molecule has 7 nitrogen and oxygen atoms in total. The van der Waals surface area contributed by atoms with Gasteiger partial charge in [-0.15, -0.1) is 10.2 Å². The number of para-hydroxylation sites is 1. The fraction of sp³-hybridized carbons (Fsp3) is 0.167. The summed E-state index contributed by atoms with van der Waals surface area (Å²) >= 11 is 1.47. The van der Waals surface area contributed by atoms with Crippen molar-refractivity contribution < 1.29 is 14.3 Å². The first-order valence-corrected chi connectivity index (χ1v) is 11.0. The Balaban J connectivity index is 1.65. The highest BCUT2D eigenvalue weighted by Crippen LogP contribution is 2.31. The molecule has 0 unspecified atom stereocenters. The predicted molar refractivity (Wildman–Crippen MR) is 123 cm³/mol. The zero-order valence-electron chi connectivity index (χ0n) is 17.7. The average Bonchev–Trinajstić information content (AvgIpc) is 3.27. The molecule has 2 heterocycles. The second kappa shape index (κ2) is 10.1. The number of thioether (sulfide) groups is 1. The number of aromatic nitrogens is 4. The van der Waals surface area contributed by atoms with Gasteiger partial charge in [0.25, 0.3) is 0 Å². The highest BCUT2D eigenvalue weighted by Gasteiger charge is 2.21. The molecular formula is C24H22N4O3S. The Hall–Kier alpha value is -3.65. The molecule has 0 radical (unpaired) electrons. The van der Waals surface area contributed by atoms with Crippen LogP contribution in [0.15, 0.2) is 84.1 Å². The van der Waals surface area contributed by atoms with Gasteiger partial charge < -0.3 is 9.47 Å². The van der Waals surface area contributed by atoms with E-state index >= 15 is 0 Å². The number of rotatable bonds is 8. The standard InChI is InChI=1S/C24H22N4O3S/c1-17(29)31-22(18-11-13-20(30-2)14-12-18)16-32-24-27-26-23(21-10-6-7-15-25-21)28(24)19-8-4-3-5-9-19/h3-15,22H,16H2,1-2H3/t22-/m1/s1. The van der Waals surface area contributed by atoms with Crippen molar-refractivity contribution in [2.75, 3.05) is 12.9 Å². The van der Waals surface area contributed by atoms with Gasteiger partial charge in [0.15, 0.2) is 11.0 Å². The van der Waals surface area contributed by atoms with Crippen LogP contribution in [0.2, 0.25) is 0 Å². The second-order valence-corrected chi connectivity index (χ2v) is 7.86. The number of carbonyl (C=O) groups excluding carboxylic acids is 1. The summed E-state index contributed by atoms with van der Waals surface area (Å²) in [6.07, 6.45) is 1.29. The highest BCUT2D eigenvalue weighted by molar-refractivity contribution is 7.99. The molecule has 1 atom stereocenters. The van der Waals surface area contributed by atoms with E-state index in [9.17, 15) is 4.79 Å². The van der Waals surface area contributed by atoms with Crippen LogP contribution in [0, 0.1) is 0 Å². The SMILES string of the molecule is COc1ccc([C@@H](CSc2nnc(-c3ccccn3)n2-c2ccccc2)OC(C)=O)cc1. The first kappa shape index (κ1) is 21.6. The minimum absolute atomic E-state index is 0.342. The van der Waals surface area contributed by atoms with Crippen LogP contribution in [-0.2, 0) is 9.53 Å². The average molecular weight is 447 g/mol. The van der Waals surface area contributed by atoms with Gasteiger partial charge in [0, 0.05) is 24.6 Å². The van der Waals surface area contributed by atoms with E-state index in [1.807, 2.05) is 77.4 Å². The van der Waals surface area contributed by atoms with Crippen LogP contribution < -0.4 is 4.74 Å². The summed E-state index contributed by atoms with van der Waals surface area (Å²) in [7, 11) is 1.62. The smallest absolute Gasteiger partial charge is 0.303 e. The van der Waals surface area contributed by atoms with E-state index in [-0.39, 0.29) is 5.97 Å². The lowest BCUT2D eigenvalue weighted by atomic mass is 10.1. The van der Waals surface area contributed by atoms with Crippen molar-refractivity contribution in [3.8, 4) is 23.0 Å². The third-order valence-electron chi connectivity index (χ3n) is 4.70. The van der Waals surface area contributed by atoms with Crippen LogP contribution in [-0.4, -0.2) is 38.6 Å². The van der Waals surface area contributed by atoms with Crippen molar-refractivity contribution in [3.05, 3.63) is 84.6 Å². The molecule has 0 saturated carbocycles. The van der Waals surface area contributed by atoms with E-state index in [0.29, 0.717) is 16.7 Å². The van der Waals surface area contributed by atoms with Crippen LogP contribution in [0.1, 0.15) is 18.6 Å². The van der Waals surface area contributed by atoms with Crippen LogP contribution in [0.5, 0.6) is 5.75 Å². The predicted octanol–water partition coefficient (Wildman–Crippen LogP) is 4.73. The molecule has 162 valence electrons. The van der Waals surface area contributed by atoms with Gasteiger partial charge in [0.05, 0.1) is 7.11 Å². The number of esters is 1. The minimum atomic E-state index is -0.442. The summed E-state index contributed by atoms with van der Waals surface area (Å²) < 4.78 is 12.8. The number of methoxy groups -OCH3 is 1. The van der Waals surface area contributed by atoms with E-state index in [0.717, 1.165) is 22.7 Å². The first-order valence-electron chi connectivity index (χ1n) is 10.0. The number of ether oxygens (including phenoxy) is 2. The molecule has 0 aliphatic carbocycles. The molecule has 2 aromatic carbocycles. The van der Waals surface area contributed by atoms with Crippen LogP contribution in [0.4, 0.5) is 0 Å². The third-order valence-corrected chi connectivity index (χ3v) is 5.69.